The summed E-state index contributed by atoms with van der Waals surface area (Å²) in [6.07, 6.45) is 1.53. The topological polar surface area (TPSA) is 120 Å². The summed E-state index contributed by atoms with van der Waals surface area (Å²) in [6, 6.07) is 18.1. The van der Waals surface area contributed by atoms with Crippen molar-refractivity contribution in [3.63, 3.8) is 0 Å². The van der Waals surface area contributed by atoms with E-state index < -0.39 is 4.92 Å². The maximum atomic E-state index is 10.7. The number of rotatable bonds is 8. The van der Waals surface area contributed by atoms with Crippen molar-refractivity contribution < 1.29 is 24.2 Å². The zero-order valence-corrected chi connectivity index (χ0v) is 17.0. The number of nitrogens with one attached hydrogen (secondary N) is 1. The lowest BCUT2D eigenvalue weighted by Crippen LogP contribution is -1.96. The second-order valence-corrected chi connectivity index (χ2v) is 6.78. The Kier molecular flexibility index (Phi) is 5.89. The number of nitro groups is 1. The molecule has 3 aromatic carbocycles. The minimum Gasteiger partial charge on any atom is -0.507 e. The van der Waals surface area contributed by atoms with Crippen LogP contribution in [0.3, 0.4) is 0 Å². The van der Waals surface area contributed by atoms with Crippen LogP contribution >= 0.6 is 0 Å². The molecule has 32 heavy (non-hydrogen) atoms. The molecule has 0 aliphatic carbocycles. The molecule has 0 aliphatic heterocycles. The van der Waals surface area contributed by atoms with Crippen molar-refractivity contribution in [1.29, 1.82) is 0 Å². The van der Waals surface area contributed by atoms with Crippen LogP contribution in [0.4, 0.5) is 5.69 Å². The molecule has 9 nitrogen and oxygen atoms in total. The molecule has 4 rings (SSSR count). The summed E-state index contributed by atoms with van der Waals surface area (Å²) >= 11 is 0. The van der Waals surface area contributed by atoms with Gasteiger partial charge in [0.25, 0.3) is 5.69 Å². The summed E-state index contributed by atoms with van der Waals surface area (Å²) in [5.74, 6) is 2.18. The monoisotopic (exact) mass is 433 g/mol. The summed E-state index contributed by atoms with van der Waals surface area (Å²) in [7, 11) is 1.59. The number of non-ortho nitro benzene ring substituents is 1. The SMILES string of the molecule is COc1ccc(Oc2cn[nH]c2-c2ccc(OCc3ccc([N+](=O)[O-])cc3)cc2O)cc1. The molecule has 0 amide bonds. The van der Waals surface area contributed by atoms with Crippen LogP contribution in [0.1, 0.15) is 5.56 Å². The van der Waals surface area contributed by atoms with Gasteiger partial charge in [0.1, 0.15) is 35.3 Å². The fourth-order valence-electron chi connectivity index (χ4n) is 3.01. The quantitative estimate of drug-likeness (QED) is 0.294. The van der Waals surface area contributed by atoms with E-state index in [1.54, 1.807) is 55.6 Å². The van der Waals surface area contributed by atoms with E-state index in [4.69, 9.17) is 14.2 Å². The number of H-pyrrole nitrogens is 1. The summed E-state index contributed by atoms with van der Waals surface area (Å²) in [6.45, 7) is 0.201. The number of phenolic OH excluding ortho intramolecular Hbond substituents is 1. The highest BCUT2D eigenvalue weighted by Gasteiger charge is 2.15. The normalized spacial score (nSPS) is 10.5. The van der Waals surface area contributed by atoms with E-state index in [9.17, 15) is 15.2 Å². The molecule has 0 aliphatic rings. The smallest absolute Gasteiger partial charge is 0.269 e. The number of aromatic hydroxyl groups is 1. The van der Waals surface area contributed by atoms with Crippen LogP contribution in [0.15, 0.2) is 72.9 Å². The average molecular weight is 433 g/mol. The first-order chi connectivity index (χ1) is 15.5. The van der Waals surface area contributed by atoms with Crippen LogP contribution in [0.25, 0.3) is 11.3 Å². The van der Waals surface area contributed by atoms with Gasteiger partial charge in [0, 0.05) is 23.8 Å². The molecule has 0 fully saturated rings. The number of aromatic amines is 1. The van der Waals surface area contributed by atoms with E-state index in [2.05, 4.69) is 10.2 Å². The zero-order valence-electron chi connectivity index (χ0n) is 17.0. The summed E-state index contributed by atoms with van der Waals surface area (Å²) < 4.78 is 16.7. The standard InChI is InChI=1S/C23H19N3O6/c1-30-17-6-8-18(9-7-17)32-22-13-24-25-23(22)20-11-10-19(12-21(20)27)31-14-15-2-4-16(5-3-15)26(28)29/h2-13,27H,14H2,1H3,(H,24,25). The van der Waals surface area contributed by atoms with Crippen molar-refractivity contribution in [3.8, 4) is 40.0 Å². The van der Waals surface area contributed by atoms with Gasteiger partial charge in [0.05, 0.1) is 18.2 Å². The lowest BCUT2D eigenvalue weighted by molar-refractivity contribution is -0.384. The minimum absolute atomic E-state index is 0.0166. The average Bonchev–Trinajstić information content (AvgIpc) is 3.26. The van der Waals surface area contributed by atoms with Gasteiger partial charge in [-0.2, -0.15) is 5.10 Å². The van der Waals surface area contributed by atoms with Crippen molar-refractivity contribution in [2.45, 2.75) is 6.61 Å². The summed E-state index contributed by atoms with van der Waals surface area (Å²) in [5, 5.41) is 28.1. The molecule has 162 valence electrons. The number of nitrogens with zero attached hydrogens (tertiary/aromatic N) is 2. The van der Waals surface area contributed by atoms with Gasteiger partial charge in [-0.1, -0.05) is 0 Å². The molecule has 0 spiro atoms. The van der Waals surface area contributed by atoms with Crippen molar-refractivity contribution in [2.24, 2.45) is 0 Å². The Labute approximate surface area is 183 Å². The van der Waals surface area contributed by atoms with E-state index in [1.165, 1.54) is 24.4 Å². The molecule has 0 bridgehead atoms. The molecule has 0 saturated carbocycles. The van der Waals surface area contributed by atoms with Gasteiger partial charge >= 0.3 is 0 Å². The van der Waals surface area contributed by atoms with E-state index in [1.807, 2.05) is 0 Å². The van der Waals surface area contributed by atoms with Crippen LogP contribution in [-0.4, -0.2) is 27.3 Å². The third-order valence-corrected chi connectivity index (χ3v) is 4.68. The van der Waals surface area contributed by atoms with Crippen molar-refractivity contribution >= 4 is 5.69 Å². The molecular weight excluding hydrogens is 414 g/mol. The molecule has 1 heterocycles. The van der Waals surface area contributed by atoms with E-state index in [0.717, 1.165) is 5.56 Å². The Morgan fingerprint density at radius 3 is 2.34 bits per heavy atom. The molecule has 4 aromatic rings. The maximum Gasteiger partial charge on any atom is 0.269 e. The second-order valence-electron chi connectivity index (χ2n) is 6.78. The fourth-order valence-corrected chi connectivity index (χ4v) is 3.01. The highest BCUT2D eigenvalue weighted by atomic mass is 16.6. The predicted molar refractivity (Wildman–Crippen MR) is 116 cm³/mol. The number of methoxy groups -OCH3 is 1. The third-order valence-electron chi connectivity index (χ3n) is 4.68. The Balaban J connectivity index is 1.46. The minimum atomic E-state index is -0.455. The van der Waals surface area contributed by atoms with Gasteiger partial charge in [-0.3, -0.25) is 15.2 Å². The number of hydrogen-bond acceptors (Lipinski definition) is 7. The van der Waals surface area contributed by atoms with Crippen molar-refractivity contribution in [1.82, 2.24) is 10.2 Å². The number of ether oxygens (including phenoxy) is 3. The number of aromatic nitrogens is 2. The lowest BCUT2D eigenvalue weighted by atomic mass is 10.1. The maximum absolute atomic E-state index is 10.7. The molecule has 0 saturated heterocycles. The van der Waals surface area contributed by atoms with Gasteiger partial charge in [-0.15, -0.1) is 0 Å². The molecule has 1 aromatic heterocycles. The van der Waals surface area contributed by atoms with E-state index >= 15 is 0 Å². The van der Waals surface area contributed by atoms with Crippen molar-refractivity contribution in [3.05, 3.63) is 88.6 Å². The van der Waals surface area contributed by atoms with Crippen molar-refractivity contribution in [2.75, 3.05) is 7.11 Å². The lowest BCUT2D eigenvalue weighted by Gasteiger charge is -2.11. The Morgan fingerprint density at radius 2 is 1.69 bits per heavy atom. The van der Waals surface area contributed by atoms with Crippen LogP contribution in [0.5, 0.6) is 28.7 Å². The van der Waals surface area contributed by atoms with E-state index in [-0.39, 0.29) is 18.0 Å². The van der Waals surface area contributed by atoms with E-state index in [0.29, 0.717) is 34.3 Å². The second kappa shape index (κ2) is 9.09. The van der Waals surface area contributed by atoms with Crippen LogP contribution in [0.2, 0.25) is 0 Å². The van der Waals surface area contributed by atoms with Crippen LogP contribution in [0, 0.1) is 10.1 Å². The predicted octanol–water partition coefficient (Wildman–Crippen LogP) is 5.07. The highest BCUT2D eigenvalue weighted by molar-refractivity contribution is 5.73. The van der Waals surface area contributed by atoms with Gasteiger partial charge in [-0.05, 0) is 54.1 Å². The molecule has 0 unspecified atom stereocenters. The van der Waals surface area contributed by atoms with Gasteiger partial charge in [-0.25, -0.2) is 0 Å². The first kappa shape index (κ1) is 20.7. The number of nitro benzene ring substituents is 1. The molecule has 0 radical (unpaired) electrons. The largest absolute Gasteiger partial charge is 0.507 e. The summed E-state index contributed by atoms with van der Waals surface area (Å²) in [4.78, 5) is 10.3. The Hall–Kier alpha value is -4.53. The summed E-state index contributed by atoms with van der Waals surface area (Å²) in [5.41, 5.74) is 1.79. The van der Waals surface area contributed by atoms with Gasteiger partial charge < -0.3 is 19.3 Å². The molecule has 9 heteroatoms. The van der Waals surface area contributed by atoms with Crippen LogP contribution in [-0.2, 0) is 6.61 Å². The number of hydrogen-bond donors (Lipinski definition) is 2. The first-order valence-electron chi connectivity index (χ1n) is 9.58. The third kappa shape index (κ3) is 4.62. The van der Waals surface area contributed by atoms with Gasteiger partial charge in [0.2, 0.25) is 0 Å². The molecular formula is C23H19N3O6. The fraction of sp³-hybridized carbons (Fsp3) is 0.0870. The molecule has 0 atom stereocenters. The van der Waals surface area contributed by atoms with Gasteiger partial charge in [0.15, 0.2) is 5.75 Å². The number of benzene rings is 3. The first-order valence-corrected chi connectivity index (χ1v) is 9.58. The Morgan fingerprint density at radius 1 is 1.00 bits per heavy atom. The number of phenols is 1. The Bertz CT molecular complexity index is 1220. The zero-order chi connectivity index (χ0) is 22.5. The highest BCUT2D eigenvalue weighted by Crippen LogP contribution is 2.38. The molecule has 2 N–H and O–H groups in total. The van der Waals surface area contributed by atoms with Crippen LogP contribution < -0.4 is 14.2 Å².